The Hall–Kier alpha value is -1.39. The minimum atomic E-state index is 0.833. The van der Waals surface area contributed by atoms with Crippen molar-refractivity contribution in [2.75, 3.05) is 19.0 Å². The van der Waals surface area contributed by atoms with Crippen LogP contribution in [0.1, 0.15) is 16.3 Å². The lowest BCUT2D eigenvalue weighted by atomic mass is 10.2. The molecule has 0 radical (unpaired) electrons. The molecule has 0 amide bonds. The molecule has 3 nitrogen and oxygen atoms in total. The quantitative estimate of drug-likeness (QED) is 0.897. The third-order valence-electron chi connectivity index (χ3n) is 2.75. The second kappa shape index (κ2) is 5.98. The summed E-state index contributed by atoms with van der Waals surface area (Å²) in [6.07, 6.45) is 0. The molecule has 0 aliphatic heterocycles. The molecule has 0 aliphatic rings. The monoisotopic (exact) mass is 261 g/mol. The molecule has 1 aromatic carbocycles. The molecule has 0 bridgehead atoms. The molecule has 2 rings (SSSR count). The van der Waals surface area contributed by atoms with Crippen LogP contribution in [0.25, 0.3) is 0 Å². The van der Waals surface area contributed by atoms with Gasteiger partial charge in [0.05, 0.1) is 10.7 Å². The molecule has 1 heterocycles. The Morgan fingerprint density at radius 3 is 2.44 bits per heavy atom. The number of thiazole rings is 1. The summed E-state index contributed by atoms with van der Waals surface area (Å²) in [5.74, 6) is 0. The molecule has 0 atom stereocenters. The fourth-order valence-electron chi connectivity index (χ4n) is 1.74. The second-order valence-electron chi connectivity index (χ2n) is 4.52. The Kier molecular flexibility index (Phi) is 4.33. The molecule has 1 aromatic heterocycles. The lowest BCUT2D eigenvalue weighted by Gasteiger charge is -2.12. The van der Waals surface area contributed by atoms with Crippen LogP contribution < -0.4 is 10.2 Å². The van der Waals surface area contributed by atoms with E-state index in [1.54, 1.807) is 11.3 Å². The average Bonchev–Trinajstić information content (AvgIpc) is 2.76. The maximum Gasteiger partial charge on any atom is 0.0897 e. The number of hydrogen-bond donors (Lipinski definition) is 1. The molecule has 0 unspecified atom stereocenters. The van der Waals surface area contributed by atoms with Gasteiger partial charge in [-0.25, -0.2) is 4.98 Å². The number of anilines is 1. The molecule has 0 saturated heterocycles. The molecule has 18 heavy (non-hydrogen) atoms. The van der Waals surface area contributed by atoms with Crippen LogP contribution in [0.3, 0.4) is 0 Å². The first kappa shape index (κ1) is 13.1. The van der Waals surface area contributed by atoms with Gasteiger partial charge < -0.3 is 10.2 Å². The van der Waals surface area contributed by atoms with Crippen LogP contribution in [0.4, 0.5) is 5.69 Å². The fraction of sp³-hybridized carbons (Fsp3) is 0.357. The molecule has 0 saturated carbocycles. The van der Waals surface area contributed by atoms with Crippen LogP contribution >= 0.6 is 11.3 Å². The van der Waals surface area contributed by atoms with Crippen LogP contribution in [-0.4, -0.2) is 19.1 Å². The average molecular weight is 261 g/mol. The van der Waals surface area contributed by atoms with Gasteiger partial charge >= 0.3 is 0 Å². The van der Waals surface area contributed by atoms with E-state index in [9.17, 15) is 0 Å². The maximum atomic E-state index is 4.43. The topological polar surface area (TPSA) is 28.2 Å². The first-order valence-corrected chi connectivity index (χ1v) is 6.91. The fourth-order valence-corrected chi connectivity index (χ4v) is 2.35. The zero-order valence-electron chi connectivity index (χ0n) is 11.1. The largest absolute Gasteiger partial charge is 0.378 e. The second-order valence-corrected chi connectivity index (χ2v) is 5.58. The highest BCUT2D eigenvalue weighted by Gasteiger charge is 1.99. The normalized spacial score (nSPS) is 10.6. The van der Waals surface area contributed by atoms with E-state index in [4.69, 9.17) is 0 Å². The molecule has 0 spiro atoms. The van der Waals surface area contributed by atoms with Gasteiger partial charge in [0.2, 0.25) is 0 Å². The molecule has 2 aromatic rings. The van der Waals surface area contributed by atoms with Gasteiger partial charge in [-0.05, 0) is 24.6 Å². The van der Waals surface area contributed by atoms with Gasteiger partial charge in [0.1, 0.15) is 0 Å². The van der Waals surface area contributed by atoms with Crippen molar-refractivity contribution in [2.24, 2.45) is 0 Å². The van der Waals surface area contributed by atoms with Gasteiger partial charge in [0.15, 0.2) is 0 Å². The number of nitrogens with zero attached hydrogens (tertiary/aromatic N) is 2. The highest BCUT2D eigenvalue weighted by Crippen LogP contribution is 2.12. The predicted octanol–water partition coefficient (Wildman–Crippen LogP) is 2.81. The number of benzene rings is 1. The Labute approximate surface area is 112 Å². The molecule has 0 fully saturated rings. The van der Waals surface area contributed by atoms with Gasteiger partial charge in [-0.2, -0.15) is 0 Å². The molecular weight excluding hydrogens is 242 g/mol. The summed E-state index contributed by atoms with van der Waals surface area (Å²) >= 11 is 1.70. The van der Waals surface area contributed by atoms with E-state index in [1.165, 1.54) is 11.3 Å². The van der Waals surface area contributed by atoms with Crippen molar-refractivity contribution in [3.05, 3.63) is 45.9 Å². The van der Waals surface area contributed by atoms with E-state index in [0.717, 1.165) is 23.8 Å². The van der Waals surface area contributed by atoms with E-state index in [2.05, 4.69) is 58.9 Å². The standard InChI is InChI=1S/C14H19N3S/c1-11-16-13(10-18-11)9-15-8-12-4-6-14(7-5-12)17(2)3/h4-7,10,15H,8-9H2,1-3H3. The zero-order valence-corrected chi connectivity index (χ0v) is 11.9. The van der Waals surface area contributed by atoms with Crippen molar-refractivity contribution in [1.82, 2.24) is 10.3 Å². The number of aryl methyl sites for hydroxylation is 1. The summed E-state index contributed by atoms with van der Waals surface area (Å²) in [5, 5.41) is 6.65. The highest BCUT2D eigenvalue weighted by molar-refractivity contribution is 7.09. The summed E-state index contributed by atoms with van der Waals surface area (Å²) < 4.78 is 0. The Balaban J connectivity index is 1.83. The van der Waals surface area contributed by atoms with Crippen molar-refractivity contribution >= 4 is 17.0 Å². The van der Waals surface area contributed by atoms with Gasteiger partial charge in [-0.3, -0.25) is 0 Å². The summed E-state index contributed by atoms with van der Waals surface area (Å²) in [7, 11) is 4.11. The van der Waals surface area contributed by atoms with Gasteiger partial charge in [-0.15, -0.1) is 11.3 Å². The van der Waals surface area contributed by atoms with Gasteiger partial charge in [-0.1, -0.05) is 12.1 Å². The summed E-state index contributed by atoms with van der Waals surface area (Å²) in [5.41, 5.74) is 3.66. The lowest BCUT2D eigenvalue weighted by Crippen LogP contribution is -2.13. The van der Waals surface area contributed by atoms with E-state index < -0.39 is 0 Å². The number of hydrogen-bond acceptors (Lipinski definition) is 4. The van der Waals surface area contributed by atoms with E-state index >= 15 is 0 Å². The third kappa shape index (κ3) is 3.55. The van der Waals surface area contributed by atoms with Crippen LogP contribution in [0.5, 0.6) is 0 Å². The van der Waals surface area contributed by atoms with Crippen LogP contribution in [-0.2, 0) is 13.1 Å². The Morgan fingerprint density at radius 1 is 1.17 bits per heavy atom. The highest BCUT2D eigenvalue weighted by atomic mass is 32.1. The minimum Gasteiger partial charge on any atom is -0.378 e. The number of aromatic nitrogens is 1. The van der Waals surface area contributed by atoms with Crippen molar-refractivity contribution in [3.63, 3.8) is 0 Å². The number of rotatable bonds is 5. The van der Waals surface area contributed by atoms with Crippen molar-refractivity contribution < 1.29 is 0 Å². The van der Waals surface area contributed by atoms with Crippen molar-refractivity contribution in [1.29, 1.82) is 0 Å². The van der Waals surface area contributed by atoms with E-state index in [1.807, 2.05) is 6.92 Å². The lowest BCUT2D eigenvalue weighted by molar-refractivity contribution is 0.682. The Morgan fingerprint density at radius 2 is 1.89 bits per heavy atom. The van der Waals surface area contributed by atoms with Gasteiger partial charge in [0, 0.05) is 38.3 Å². The summed E-state index contributed by atoms with van der Waals surface area (Å²) in [6.45, 7) is 3.75. The van der Waals surface area contributed by atoms with Crippen molar-refractivity contribution in [3.8, 4) is 0 Å². The summed E-state index contributed by atoms with van der Waals surface area (Å²) in [6, 6.07) is 8.61. The zero-order chi connectivity index (χ0) is 13.0. The first-order valence-electron chi connectivity index (χ1n) is 6.03. The summed E-state index contributed by atoms with van der Waals surface area (Å²) in [4.78, 5) is 6.53. The SMILES string of the molecule is Cc1nc(CNCc2ccc(N(C)C)cc2)cs1. The first-order chi connectivity index (χ1) is 8.65. The number of nitrogens with one attached hydrogen (secondary N) is 1. The third-order valence-corrected chi connectivity index (χ3v) is 3.58. The van der Waals surface area contributed by atoms with Gasteiger partial charge in [0.25, 0.3) is 0 Å². The minimum absolute atomic E-state index is 0.833. The van der Waals surface area contributed by atoms with Crippen LogP contribution in [0.2, 0.25) is 0 Å². The van der Waals surface area contributed by atoms with E-state index in [-0.39, 0.29) is 0 Å². The predicted molar refractivity (Wildman–Crippen MR) is 78.2 cm³/mol. The molecule has 0 aliphatic carbocycles. The van der Waals surface area contributed by atoms with Crippen LogP contribution in [0.15, 0.2) is 29.6 Å². The van der Waals surface area contributed by atoms with E-state index in [0.29, 0.717) is 0 Å². The smallest absolute Gasteiger partial charge is 0.0897 e. The Bertz CT molecular complexity index is 488. The van der Waals surface area contributed by atoms with Crippen molar-refractivity contribution in [2.45, 2.75) is 20.0 Å². The molecular formula is C14H19N3S. The molecule has 4 heteroatoms. The van der Waals surface area contributed by atoms with Crippen LogP contribution in [0, 0.1) is 6.92 Å². The maximum absolute atomic E-state index is 4.43. The molecule has 1 N–H and O–H groups in total. The molecule has 96 valence electrons.